The van der Waals surface area contributed by atoms with Crippen LogP contribution in [0.4, 0.5) is 0 Å². The summed E-state index contributed by atoms with van der Waals surface area (Å²) in [6.07, 6.45) is 13.0. The number of ether oxygens (including phenoxy) is 2. The predicted molar refractivity (Wildman–Crippen MR) is 133 cm³/mol. The molecule has 0 saturated heterocycles. The van der Waals surface area contributed by atoms with Gasteiger partial charge in [0.05, 0.1) is 12.3 Å². The van der Waals surface area contributed by atoms with E-state index in [1.165, 1.54) is 65.2 Å². The van der Waals surface area contributed by atoms with E-state index < -0.39 is 13.4 Å². The van der Waals surface area contributed by atoms with Gasteiger partial charge in [-0.1, -0.05) is 70.4 Å². The van der Waals surface area contributed by atoms with Gasteiger partial charge in [-0.05, 0) is 38.5 Å². The highest BCUT2D eigenvalue weighted by atomic mass is 31.2. The van der Waals surface area contributed by atoms with Crippen LogP contribution in [-0.4, -0.2) is 38.6 Å². The van der Waals surface area contributed by atoms with E-state index in [0.29, 0.717) is 12.3 Å². The quantitative estimate of drug-likeness (QED) is 0.194. The van der Waals surface area contributed by atoms with Gasteiger partial charge in [0.2, 0.25) is 0 Å². The van der Waals surface area contributed by atoms with Crippen LogP contribution in [0.2, 0.25) is 0 Å². The second kappa shape index (κ2) is 14.4. The molecule has 2 rings (SSSR count). The van der Waals surface area contributed by atoms with Gasteiger partial charge in [-0.3, -0.25) is 4.52 Å². The first-order chi connectivity index (χ1) is 16.2. The minimum absolute atomic E-state index is 0.0981. The van der Waals surface area contributed by atoms with Gasteiger partial charge < -0.3 is 19.3 Å². The van der Waals surface area contributed by atoms with Crippen LogP contribution in [0.25, 0.3) is 11.3 Å². The second-order valence-corrected chi connectivity index (χ2v) is 10.2. The van der Waals surface area contributed by atoms with Crippen LogP contribution in [0.1, 0.15) is 78.6 Å². The molecule has 0 spiro atoms. The van der Waals surface area contributed by atoms with Crippen LogP contribution in [0.3, 0.4) is 0 Å². The number of aromatic nitrogens is 2. The number of rotatable bonds is 17. The van der Waals surface area contributed by atoms with Gasteiger partial charge in [0, 0.05) is 11.8 Å². The van der Waals surface area contributed by atoms with Gasteiger partial charge in [0.25, 0.3) is 0 Å². The zero-order valence-electron chi connectivity index (χ0n) is 20.6. The first-order valence-corrected chi connectivity index (χ1v) is 13.7. The van der Waals surface area contributed by atoms with Gasteiger partial charge in [0.15, 0.2) is 0 Å². The summed E-state index contributed by atoms with van der Waals surface area (Å²) in [4.78, 5) is 26.5. The number of hydrogen-bond donors (Lipinski definition) is 2. The normalized spacial score (nSPS) is 12.0. The third-order valence-electron chi connectivity index (χ3n) is 5.19. The maximum absolute atomic E-state index is 11.1. The molecule has 1 aromatic heterocycles. The number of nitrogens with zero attached hydrogens (tertiary/aromatic N) is 2. The molecule has 9 heteroatoms. The molecule has 2 N–H and O–H groups in total. The van der Waals surface area contributed by atoms with Crippen molar-refractivity contribution >= 4 is 7.82 Å². The van der Waals surface area contributed by atoms with Crippen molar-refractivity contribution in [2.45, 2.75) is 84.2 Å². The maximum atomic E-state index is 11.1. The first-order valence-electron chi connectivity index (χ1n) is 12.1. The lowest BCUT2D eigenvalue weighted by molar-refractivity contribution is 0.0211. The average molecular weight is 495 g/mol. The van der Waals surface area contributed by atoms with Crippen LogP contribution in [0.15, 0.2) is 36.5 Å². The fraction of sp³-hybridized carbons (Fsp3) is 0.600. The molecule has 0 bridgehead atoms. The zero-order chi connectivity index (χ0) is 24.9. The summed E-state index contributed by atoms with van der Waals surface area (Å²) in [6.45, 7) is 5.84. The molecule has 1 heterocycles. The molecule has 8 nitrogen and oxygen atoms in total. The molecule has 0 amide bonds. The highest BCUT2D eigenvalue weighted by Gasteiger charge is 2.30. The number of benzene rings is 1. The van der Waals surface area contributed by atoms with E-state index in [1.54, 1.807) is 12.3 Å². The van der Waals surface area contributed by atoms with E-state index in [4.69, 9.17) is 23.8 Å². The summed E-state index contributed by atoms with van der Waals surface area (Å²) >= 11 is 0. The van der Waals surface area contributed by atoms with Gasteiger partial charge >= 0.3 is 13.8 Å². The highest BCUT2D eigenvalue weighted by molar-refractivity contribution is 7.46. The van der Waals surface area contributed by atoms with E-state index in [1.807, 2.05) is 24.3 Å². The Hall–Kier alpha value is -1.99. The summed E-state index contributed by atoms with van der Waals surface area (Å²) in [5, 5.41) is 0. The molecule has 0 atom stereocenters. The minimum Gasteiger partial charge on any atom is -0.494 e. The van der Waals surface area contributed by atoms with Gasteiger partial charge in [-0.25, -0.2) is 9.55 Å². The molecular formula is C25H39N2O6P. The summed E-state index contributed by atoms with van der Waals surface area (Å²) < 4.78 is 27.3. The second-order valence-electron chi connectivity index (χ2n) is 9.06. The Kier molecular flexibility index (Phi) is 12.0. The summed E-state index contributed by atoms with van der Waals surface area (Å²) in [7, 11) is -4.63. The van der Waals surface area contributed by atoms with Crippen molar-refractivity contribution in [2.75, 3.05) is 13.2 Å². The third kappa shape index (κ3) is 11.9. The van der Waals surface area contributed by atoms with E-state index in [2.05, 4.69) is 16.9 Å². The Bertz CT molecular complexity index is 902. The van der Waals surface area contributed by atoms with Crippen LogP contribution >= 0.6 is 7.82 Å². The Morgan fingerprint density at radius 2 is 1.62 bits per heavy atom. The van der Waals surface area contributed by atoms with Crippen molar-refractivity contribution in [2.24, 2.45) is 0 Å². The molecule has 0 aliphatic rings. The fourth-order valence-corrected chi connectivity index (χ4v) is 4.20. The Labute approximate surface area is 203 Å². The molecule has 0 aliphatic carbocycles. The first kappa shape index (κ1) is 28.2. The Morgan fingerprint density at radius 3 is 2.29 bits per heavy atom. The smallest absolute Gasteiger partial charge is 0.470 e. The van der Waals surface area contributed by atoms with Crippen LogP contribution in [0.5, 0.6) is 11.8 Å². The molecule has 0 aliphatic heterocycles. The molecule has 1 aromatic carbocycles. The van der Waals surface area contributed by atoms with E-state index in [0.717, 1.165) is 17.7 Å². The molecule has 34 heavy (non-hydrogen) atoms. The van der Waals surface area contributed by atoms with Crippen molar-refractivity contribution < 1.29 is 28.3 Å². The number of phosphoric ester groups is 1. The molecule has 2 aromatic rings. The predicted octanol–water partition coefficient (Wildman–Crippen LogP) is 6.32. The standard InChI is InChI=1S/C25H39N2O6P/c1-4-5-6-7-8-9-10-11-12-18-31-22-15-13-14-21(19-22)23-16-17-26-24(27-23)32-20-25(2,3)33-34(28,29)30/h13-17,19H,4-12,18,20H2,1-3H3,(H2,28,29,30). The Morgan fingerprint density at radius 1 is 0.941 bits per heavy atom. The zero-order valence-corrected chi connectivity index (χ0v) is 21.5. The fourth-order valence-electron chi connectivity index (χ4n) is 3.51. The SMILES string of the molecule is CCCCCCCCCCCOc1cccc(-c2ccnc(OCC(C)(C)OP(=O)(O)O)n2)c1. The topological polar surface area (TPSA) is 111 Å². The average Bonchev–Trinajstić information content (AvgIpc) is 2.78. The number of unbranched alkanes of at least 4 members (excludes halogenated alkanes) is 8. The lowest BCUT2D eigenvalue weighted by atomic mass is 10.1. The summed E-state index contributed by atoms with van der Waals surface area (Å²) in [6, 6.07) is 9.57. The van der Waals surface area contributed by atoms with Gasteiger partial charge in [-0.2, -0.15) is 4.98 Å². The van der Waals surface area contributed by atoms with Crippen molar-refractivity contribution in [3.63, 3.8) is 0 Å². The van der Waals surface area contributed by atoms with E-state index in [-0.39, 0.29) is 12.6 Å². The van der Waals surface area contributed by atoms with Crippen LogP contribution < -0.4 is 9.47 Å². The summed E-state index contributed by atoms with van der Waals surface area (Å²) in [5.41, 5.74) is 0.316. The highest BCUT2D eigenvalue weighted by Crippen LogP contribution is 2.41. The Balaban J connectivity index is 1.80. The molecule has 190 valence electrons. The van der Waals surface area contributed by atoms with Crippen LogP contribution in [-0.2, 0) is 9.09 Å². The van der Waals surface area contributed by atoms with Gasteiger partial charge in [0.1, 0.15) is 18.0 Å². The number of hydrogen-bond acceptors (Lipinski definition) is 6. The molecule has 0 fully saturated rings. The maximum Gasteiger partial charge on any atom is 0.470 e. The van der Waals surface area contributed by atoms with Crippen molar-refractivity contribution in [1.82, 2.24) is 9.97 Å². The number of phosphoric acid groups is 1. The molecule has 0 unspecified atom stereocenters. The van der Waals surface area contributed by atoms with E-state index >= 15 is 0 Å². The van der Waals surface area contributed by atoms with Crippen molar-refractivity contribution in [1.29, 1.82) is 0 Å². The lowest BCUT2D eigenvalue weighted by Crippen LogP contribution is -2.31. The molecule has 0 radical (unpaired) electrons. The van der Waals surface area contributed by atoms with Crippen molar-refractivity contribution in [3.8, 4) is 23.0 Å². The van der Waals surface area contributed by atoms with Crippen molar-refractivity contribution in [3.05, 3.63) is 36.5 Å². The van der Waals surface area contributed by atoms with Gasteiger partial charge in [-0.15, -0.1) is 0 Å². The van der Waals surface area contributed by atoms with Crippen LogP contribution in [0, 0.1) is 0 Å². The molecular weight excluding hydrogens is 455 g/mol. The molecule has 0 saturated carbocycles. The van der Waals surface area contributed by atoms with E-state index in [9.17, 15) is 4.57 Å². The lowest BCUT2D eigenvalue weighted by Gasteiger charge is -2.24. The largest absolute Gasteiger partial charge is 0.494 e. The summed E-state index contributed by atoms with van der Waals surface area (Å²) in [5.74, 6) is 0.786. The monoisotopic (exact) mass is 494 g/mol. The minimum atomic E-state index is -4.63. The third-order valence-corrected chi connectivity index (χ3v) is 5.93.